The Morgan fingerprint density at radius 3 is 1.19 bits per heavy atom. The lowest BCUT2D eigenvalue weighted by Gasteiger charge is -2.31. The third-order valence-electron chi connectivity index (χ3n) is 8.76. The van der Waals surface area contributed by atoms with Crippen LogP contribution in [0, 0.1) is 0 Å². The first-order valence-electron chi connectivity index (χ1n) is 12.8. The standard InChI is InChI=1S/C30H38S2/c1-9-29(10-2)21-13-20-22(14-19(21)27-23(29)15-25(31-27)17(5)6)30(11-3,12-4)24-16-26(18(7)8)32-28(20)24/h13-18H,9-12H2,1-8H3. The maximum atomic E-state index is 2.64. The highest BCUT2D eigenvalue weighted by atomic mass is 32.1. The number of thiophene rings is 2. The zero-order valence-electron chi connectivity index (χ0n) is 21.1. The monoisotopic (exact) mass is 462 g/mol. The number of benzene rings is 1. The van der Waals surface area contributed by atoms with Crippen LogP contribution in [0.4, 0.5) is 0 Å². The van der Waals surface area contributed by atoms with Crippen LogP contribution in [-0.2, 0) is 10.8 Å². The van der Waals surface area contributed by atoms with E-state index >= 15 is 0 Å². The summed E-state index contributed by atoms with van der Waals surface area (Å²) in [7, 11) is 0. The van der Waals surface area contributed by atoms with E-state index in [1.807, 2.05) is 0 Å². The molecular formula is C30H38S2. The van der Waals surface area contributed by atoms with Crippen molar-refractivity contribution < 1.29 is 0 Å². The molecule has 0 amide bonds. The summed E-state index contributed by atoms with van der Waals surface area (Å²) in [5.74, 6) is 1.20. The molecule has 2 heterocycles. The summed E-state index contributed by atoms with van der Waals surface area (Å²) in [4.78, 5) is 6.22. The molecule has 3 aromatic rings. The SMILES string of the molecule is CCC1(CC)c2cc3c(cc2-c2sc(C(C)C)cc21)C(CC)(CC)c1cc(C(C)C)sc1-3. The Hall–Kier alpha value is -1.38. The predicted molar refractivity (Wildman–Crippen MR) is 144 cm³/mol. The minimum atomic E-state index is 0.172. The molecule has 0 saturated carbocycles. The first kappa shape index (κ1) is 22.4. The van der Waals surface area contributed by atoms with E-state index in [9.17, 15) is 0 Å². The van der Waals surface area contributed by atoms with Gasteiger partial charge in [-0.3, -0.25) is 0 Å². The van der Waals surface area contributed by atoms with Gasteiger partial charge in [-0.1, -0.05) is 55.4 Å². The summed E-state index contributed by atoms with van der Waals surface area (Å²) in [6.07, 6.45) is 4.71. The fraction of sp³-hybridized carbons (Fsp3) is 0.533. The summed E-state index contributed by atoms with van der Waals surface area (Å²) < 4.78 is 0. The van der Waals surface area contributed by atoms with Crippen LogP contribution in [0.1, 0.15) is 125 Å². The molecule has 0 aliphatic heterocycles. The molecule has 2 aliphatic rings. The smallest absolute Gasteiger partial charge is 0.0390 e. The Morgan fingerprint density at radius 2 is 0.906 bits per heavy atom. The van der Waals surface area contributed by atoms with Crippen LogP contribution < -0.4 is 0 Å². The topological polar surface area (TPSA) is 0 Å². The highest BCUT2D eigenvalue weighted by molar-refractivity contribution is 7.16. The molecule has 32 heavy (non-hydrogen) atoms. The van der Waals surface area contributed by atoms with Gasteiger partial charge in [-0.15, -0.1) is 22.7 Å². The summed E-state index contributed by atoms with van der Waals surface area (Å²) in [6, 6.07) is 10.4. The zero-order chi connectivity index (χ0) is 23.0. The van der Waals surface area contributed by atoms with E-state index in [1.54, 1.807) is 52.9 Å². The van der Waals surface area contributed by atoms with Crippen molar-refractivity contribution in [3.63, 3.8) is 0 Å². The van der Waals surface area contributed by atoms with Crippen molar-refractivity contribution in [2.45, 2.75) is 104 Å². The Morgan fingerprint density at radius 1 is 0.562 bits per heavy atom. The van der Waals surface area contributed by atoms with Gasteiger partial charge in [-0.25, -0.2) is 0 Å². The molecule has 0 radical (unpaired) electrons. The second-order valence-electron chi connectivity index (χ2n) is 10.6. The molecule has 5 rings (SSSR count). The first-order valence-corrected chi connectivity index (χ1v) is 14.4. The second kappa shape index (κ2) is 7.57. The van der Waals surface area contributed by atoms with Gasteiger partial charge in [0.25, 0.3) is 0 Å². The quantitative estimate of drug-likeness (QED) is 0.342. The summed E-state index contributed by atoms with van der Waals surface area (Å²) in [6.45, 7) is 19.0. The van der Waals surface area contributed by atoms with Crippen molar-refractivity contribution in [3.05, 3.63) is 56.3 Å². The lowest BCUT2D eigenvalue weighted by atomic mass is 9.71. The van der Waals surface area contributed by atoms with Crippen molar-refractivity contribution >= 4 is 22.7 Å². The number of hydrogen-bond acceptors (Lipinski definition) is 2. The molecule has 2 aliphatic carbocycles. The maximum absolute atomic E-state index is 2.64. The highest BCUT2D eigenvalue weighted by Gasteiger charge is 2.47. The highest BCUT2D eigenvalue weighted by Crippen LogP contribution is 2.62. The summed E-state index contributed by atoms with van der Waals surface area (Å²) in [5.41, 5.74) is 9.87. The van der Waals surface area contributed by atoms with Crippen LogP contribution in [0.15, 0.2) is 24.3 Å². The predicted octanol–water partition coefficient (Wildman–Crippen LogP) is 10.2. The van der Waals surface area contributed by atoms with E-state index in [1.165, 1.54) is 25.7 Å². The molecule has 2 heteroatoms. The van der Waals surface area contributed by atoms with Crippen LogP contribution in [0.5, 0.6) is 0 Å². The Bertz CT molecular complexity index is 1080. The largest absolute Gasteiger partial charge is 0.140 e. The lowest BCUT2D eigenvalue weighted by molar-refractivity contribution is 0.485. The van der Waals surface area contributed by atoms with Crippen LogP contribution in [0.25, 0.3) is 20.9 Å². The summed E-state index contributed by atoms with van der Waals surface area (Å²) >= 11 is 4.12. The van der Waals surface area contributed by atoms with Gasteiger partial charge in [0.05, 0.1) is 0 Å². The van der Waals surface area contributed by atoms with Crippen molar-refractivity contribution in [1.82, 2.24) is 0 Å². The third kappa shape index (κ3) is 2.66. The molecule has 2 aromatic heterocycles. The van der Waals surface area contributed by atoms with Gasteiger partial charge in [-0.2, -0.15) is 0 Å². The number of hydrogen-bond donors (Lipinski definition) is 0. The molecule has 0 nitrogen and oxygen atoms in total. The van der Waals surface area contributed by atoms with E-state index in [2.05, 4.69) is 102 Å². The van der Waals surface area contributed by atoms with Crippen LogP contribution >= 0.6 is 22.7 Å². The van der Waals surface area contributed by atoms with Crippen molar-refractivity contribution in [3.8, 4) is 20.9 Å². The minimum absolute atomic E-state index is 0.172. The van der Waals surface area contributed by atoms with E-state index in [-0.39, 0.29) is 10.8 Å². The van der Waals surface area contributed by atoms with Crippen LogP contribution in [-0.4, -0.2) is 0 Å². The molecule has 1 aromatic carbocycles. The van der Waals surface area contributed by atoms with Crippen LogP contribution in [0.3, 0.4) is 0 Å². The third-order valence-corrected chi connectivity index (χ3v) is 11.7. The Kier molecular flexibility index (Phi) is 5.30. The fourth-order valence-corrected chi connectivity index (χ4v) is 9.16. The fourth-order valence-electron chi connectivity index (χ4n) is 6.58. The van der Waals surface area contributed by atoms with Crippen LogP contribution in [0.2, 0.25) is 0 Å². The Balaban J connectivity index is 1.82. The minimum Gasteiger partial charge on any atom is -0.140 e. The van der Waals surface area contributed by atoms with Crippen molar-refractivity contribution in [2.75, 3.05) is 0 Å². The summed E-state index contributed by atoms with van der Waals surface area (Å²) in [5, 5.41) is 0. The van der Waals surface area contributed by atoms with E-state index in [0.29, 0.717) is 11.8 Å². The number of fused-ring (bicyclic) bond motifs is 6. The van der Waals surface area contributed by atoms with E-state index in [4.69, 9.17) is 0 Å². The first-order chi connectivity index (χ1) is 15.3. The van der Waals surface area contributed by atoms with Gasteiger partial charge in [0, 0.05) is 30.3 Å². The Labute approximate surface area is 203 Å². The molecule has 0 saturated heterocycles. The molecule has 0 unspecified atom stereocenters. The van der Waals surface area contributed by atoms with Gasteiger partial charge < -0.3 is 0 Å². The molecular weight excluding hydrogens is 424 g/mol. The normalized spacial score (nSPS) is 17.1. The van der Waals surface area contributed by atoms with E-state index < -0.39 is 0 Å². The lowest BCUT2D eigenvalue weighted by Crippen LogP contribution is -2.24. The van der Waals surface area contributed by atoms with E-state index in [0.717, 1.165) is 0 Å². The molecule has 0 N–H and O–H groups in total. The molecule has 0 bridgehead atoms. The van der Waals surface area contributed by atoms with Crippen molar-refractivity contribution in [1.29, 1.82) is 0 Å². The van der Waals surface area contributed by atoms with Gasteiger partial charge in [0.15, 0.2) is 0 Å². The molecule has 170 valence electrons. The second-order valence-corrected chi connectivity index (χ2v) is 12.8. The van der Waals surface area contributed by atoms with Gasteiger partial charge in [-0.05, 0) is 95.2 Å². The van der Waals surface area contributed by atoms with Gasteiger partial charge in [0.2, 0.25) is 0 Å². The zero-order valence-corrected chi connectivity index (χ0v) is 22.7. The van der Waals surface area contributed by atoms with Crippen molar-refractivity contribution in [2.24, 2.45) is 0 Å². The van der Waals surface area contributed by atoms with Gasteiger partial charge in [0.1, 0.15) is 0 Å². The molecule has 0 spiro atoms. The average molecular weight is 463 g/mol. The van der Waals surface area contributed by atoms with Gasteiger partial charge >= 0.3 is 0 Å². The number of rotatable bonds is 6. The maximum Gasteiger partial charge on any atom is 0.0390 e. The average Bonchev–Trinajstić information content (AvgIpc) is 3.51. The molecule has 0 atom stereocenters. The molecule has 0 fully saturated rings.